The van der Waals surface area contributed by atoms with Gasteiger partial charge in [0.15, 0.2) is 0 Å². The van der Waals surface area contributed by atoms with E-state index in [1.165, 1.54) is 104 Å². The van der Waals surface area contributed by atoms with Crippen LogP contribution in [0.5, 0.6) is 0 Å². The SMILES string of the molecule is CC#CC[C@@H]1C(=O)N(C)[C@@H](CC(C)(C)O)C(=O)N[C@@H](C(C)C)C(=O)N(C)[C@@H](CC(C)C)C(=O)N[C@@H](C)C(=O)N[C@H](C)C(=O)N(C)[C@@H](CC(C)C)C(=O)N(C)[C@@H](CC(C)C)C(=O)N(C)[C@@H](C(C)C)C(=O)N(C)[C@@H]([C@H](O)[C@H](C)C/C=C/C)C(=O)N[C@@H](CC)C(=O)N1C. The minimum absolute atomic E-state index is 0.0490. The molecular weight excluding hydrogens is 1150 g/mol. The van der Waals surface area contributed by atoms with E-state index < -0.39 is 161 Å². The van der Waals surface area contributed by atoms with Crippen molar-refractivity contribution in [3.05, 3.63) is 12.2 Å². The maximum Gasteiger partial charge on any atom is 0.246 e. The molecule has 90 heavy (non-hydrogen) atoms. The molecule has 512 valence electrons. The van der Waals surface area contributed by atoms with Crippen molar-refractivity contribution < 1.29 is 63.0 Å². The van der Waals surface area contributed by atoms with Gasteiger partial charge in [-0.3, -0.25) is 52.7 Å². The number of allylic oxidation sites excluding steroid dienone is 2. The molecule has 1 aliphatic heterocycles. The molecule has 1 aliphatic rings. The number of nitrogens with zero attached hydrogens (tertiary/aromatic N) is 7. The smallest absolute Gasteiger partial charge is 0.246 e. The molecule has 0 aliphatic carbocycles. The van der Waals surface area contributed by atoms with Gasteiger partial charge in [-0.25, -0.2) is 0 Å². The highest BCUT2D eigenvalue weighted by Gasteiger charge is 2.47. The fourth-order valence-corrected chi connectivity index (χ4v) is 11.2. The van der Waals surface area contributed by atoms with Gasteiger partial charge in [-0.15, -0.1) is 11.8 Å². The van der Waals surface area contributed by atoms with Crippen molar-refractivity contribution in [3.63, 3.8) is 0 Å². The van der Waals surface area contributed by atoms with Crippen molar-refractivity contribution in [2.75, 3.05) is 49.3 Å². The second-order valence-electron chi connectivity index (χ2n) is 27.3. The van der Waals surface area contributed by atoms with Crippen LogP contribution in [-0.2, 0) is 52.7 Å². The zero-order valence-corrected chi connectivity index (χ0v) is 59.0. The molecule has 1 fully saturated rings. The molecule has 1 saturated heterocycles. The van der Waals surface area contributed by atoms with Gasteiger partial charge in [-0.05, 0) is 109 Å². The second kappa shape index (κ2) is 36.4. The predicted molar refractivity (Wildman–Crippen MR) is 347 cm³/mol. The molecular formula is C66H115N11O13. The number of nitrogens with one attached hydrogen (secondary N) is 4. The standard InChI is InChI=1S/C66H115N11O13/c1-26-29-31-42(14)54(78)53-58(82)69-45(28-3)60(84)71(19)46(32-30-27-2)61(85)75(23)50(36-66(17,18)90)57(81)70-51(40(10)11)64(88)72(20)47(33-37(4)5)56(80)67-43(15)55(79)68-44(16)59(83)73(21)48(34-38(6)7)62(86)74(22)49(35-39(8)9)63(87)76(24)52(41(12)13)65(89)77(53)25/h26,29,37-54,78,90H,28,31-36H2,1-25H3,(H,67,80)(H,68,79)(H,69,82)(H,70,81)/b29-26+/t42-,43+,44-,45+,46-,47+,48+,49+,50+,51+,52+,53+,54-/m1/s1. The van der Waals surface area contributed by atoms with Crippen LogP contribution in [0.2, 0.25) is 0 Å². The highest BCUT2D eigenvalue weighted by molar-refractivity contribution is 6.00. The summed E-state index contributed by atoms with van der Waals surface area (Å²) in [6, 6.07) is -14.6. The molecule has 0 radical (unpaired) electrons. The van der Waals surface area contributed by atoms with E-state index in [0.29, 0.717) is 0 Å². The van der Waals surface area contributed by atoms with E-state index in [4.69, 9.17) is 0 Å². The molecule has 0 spiro atoms. The first-order valence-electron chi connectivity index (χ1n) is 32.0. The van der Waals surface area contributed by atoms with E-state index in [2.05, 4.69) is 33.1 Å². The number of carbonyl (C=O) groups is 11. The molecule has 1 rings (SSSR count). The van der Waals surface area contributed by atoms with Crippen LogP contribution in [0.25, 0.3) is 0 Å². The van der Waals surface area contributed by atoms with Gasteiger partial charge in [-0.1, -0.05) is 95.2 Å². The molecule has 24 heteroatoms. The van der Waals surface area contributed by atoms with E-state index in [1.807, 2.05) is 41.5 Å². The van der Waals surface area contributed by atoms with Crippen LogP contribution >= 0.6 is 0 Å². The van der Waals surface area contributed by atoms with Gasteiger partial charge >= 0.3 is 0 Å². The molecule has 0 unspecified atom stereocenters. The number of amides is 11. The lowest BCUT2D eigenvalue weighted by Gasteiger charge is -2.41. The fourth-order valence-electron chi connectivity index (χ4n) is 11.2. The summed E-state index contributed by atoms with van der Waals surface area (Å²) in [6.07, 6.45) is 2.01. The molecule has 11 amide bonds. The number of aliphatic hydroxyl groups excluding tert-OH is 1. The Bertz CT molecular complexity index is 2570. The first kappa shape index (κ1) is 81.4. The van der Waals surface area contributed by atoms with E-state index in [9.17, 15) is 39.0 Å². The van der Waals surface area contributed by atoms with E-state index in [-0.39, 0.29) is 62.7 Å². The largest absolute Gasteiger partial charge is 0.390 e. The third-order valence-corrected chi connectivity index (χ3v) is 16.9. The lowest BCUT2D eigenvalue weighted by molar-refractivity contribution is -0.157. The number of rotatable bonds is 16. The summed E-state index contributed by atoms with van der Waals surface area (Å²) >= 11 is 0. The molecule has 0 aromatic heterocycles. The minimum atomic E-state index is -1.67. The van der Waals surface area contributed by atoms with Crippen molar-refractivity contribution in [1.29, 1.82) is 0 Å². The van der Waals surface area contributed by atoms with Crippen LogP contribution in [0.4, 0.5) is 0 Å². The first-order chi connectivity index (χ1) is 41.5. The van der Waals surface area contributed by atoms with Crippen LogP contribution in [0.3, 0.4) is 0 Å². The first-order valence-corrected chi connectivity index (χ1v) is 32.0. The van der Waals surface area contributed by atoms with E-state index in [0.717, 1.165) is 14.7 Å². The Morgan fingerprint density at radius 1 is 0.500 bits per heavy atom. The van der Waals surface area contributed by atoms with Gasteiger partial charge in [0.25, 0.3) is 0 Å². The Labute approximate surface area is 538 Å². The lowest BCUT2D eigenvalue weighted by Crippen LogP contribution is -2.64. The Hall–Kier alpha value is -6.61. The predicted octanol–water partition coefficient (Wildman–Crippen LogP) is 3.17. The van der Waals surface area contributed by atoms with Crippen molar-refractivity contribution >= 4 is 65.0 Å². The summed E-state index contributed by atoms with van der Waals surface area (Å²) in [6.45, 7) is 30.3. The van der Waals surface area contributed by atoms with Gasteiger partial charge in [0.2, 0.25) is 65.0 Å². The lowest BCUT2D eigenvalue weighted by atomic mass is 9.91. The molecule has 0 saturated carbocycles. The van der Waals surface area contributed by atoms with Crippen LogP contribution in [0.1, 0.15) is 170 Å². The summed E-state index contributed by atoms with van der Waals surface area (Å²) in [4.78, 5) is 171. The monoisotopic (exact) mass is 1270 g/mol. The summed E-state index contributed by atoms with van der Waals surface area (Å²) in [5.41, 5.74) is -1.59. The van der Waals surface area contributed by atoms with Crippen molar-refractivity contribution in [2.45, 2.75) is 248 Å². The molecule has 1 heterocycles. The number of likely N-dealkylation sites (N-methyl/N-ethyl adjacent to an activating group) is 7. The minimum Gasteiger partial charge on any atom is -0.390 e. The Morgan fingerprint density at radius 3 is 1.38 bits per heavy atom. The van der Waals surface area contributed by atoms with Crippen LogP contribution in [0, 0.1) is 47.3 Å². The van der Waals surface area contributed by atoms with E-state index in [1.54, 1.807) is 60.6 Å². The zero-order chi connectivity index (χ0) is 69.9. The molecule has 24 nitrogen and oxygen atoms in total. The maximum atomic E-state index is 15.3. The van der Waals surface area contributed by atoms with Gasteiger partial charge in [0.05, 0.1) is 11.7 Å². The highest BCUT2D eigenvalue weighted by Crippen LogP contribution is 2.26. The average Bonchev–Trinajstić information content (AvgIpc) is 0.845. The zero-order valence-electron chi connectivity index (χ0n) is 59.0. The molecule has 13 atom stereocenters. The number of hydrogen-bond donors (Lipinski definition) is 6. The molecule has 0 aromatic carbocycles. The summed E-state index contributed by atoms with van der Waals surface area (Å²) in [7, 11) is 9.69. The average molecular weight is 1270 g/mol. The topological polar surface area (TPSA) is 299 Å². The third kappa shape index (κ3) is 22.6. The van der Waals surface area contributed by atoms with Crippen LogP contribution in [-0.4, -0.2) is 237 Å². The van der Waals surface area contributed by atoms with Gasteiger partial charge in [0.1, 0.15) is 66.5 Å². The highest BCUT2D eigenvalue weighted by atomic mass is 16.3. The summed E-state index contributed by atoms with van der Waals surface area (Å²) in [5, 5.41) is 34.4. The summed E-state index contributed by atoms with van der Waals surface area (Å²) in [5.74, 6) is -4.93. The molecule has 6 N–H and O–H groups in total. The Morgan fingerprint density at radius 2 is 0.922 bits per heavy atom. The fraction of sp³-hybridized carbons (Fsp3) is 0.773. The number of hydrogen-bond acceptors (Lipinski definition) is 13. The third-order valence-electron chi connectivity index (χ3n) is 16.9. The van der Waals surface area contributed by atoms with Crippen LogP contribution < -0.4 is 21.3 Å². The summed E-state index contributed by atoms with van der Waals surface area (Å²) < 4.78 is 0. The van der Waals surface area contributed by atoms with Crippen molar-refractivity contribution in [2.24, 2.45) is 35.5 Å². The number of aliphatic hydroxyl groups is 2. The second-order valence-corrected chi connectivity index (χ2v) is 27.3. The van der Waals surface area contributed by atoms with E-state index >= 15 is 24.0 Å². The quantitative estimate of drug-likeness (QED) is 0.0958. The van der Waals surface area contributed by atoms with Gasteiger partial charge in [-0.2, -0.15) is 0 Å². The normalized spacial score (nSPS) is 26.9. The van der Waals surface area contributed by atoms with Gasteiger partial charge in [0, 0.05) is 62.2 Å². The Kier molecular flexibility index (Phi) is 33.0. The molecule has 0 aromatic rings. The van der Waals surface area contributed by atoms with Crippen molar-refractivity contribution in [1.82, 2.24) is 55.6 Å². The number of carbonyl (C=O) groups excluding carboxylic acids is 11. The van der Waals surface area contributed by atoms with Crippen molar-refractivity contribution in [3.8, 4) is 11.8 Å². The molecule has 0 bridgehead atoms. The maximum absolute atomic E-state index is 15.3. The van der Waals surface area contributed by atoms with Crippen LogP contribution in [0.15, 0.2) is 12.2 Å². The Balaban J connectivity index is 4.52. The van der Waals surface area contributed by atoms with Gasteiger partial charge < -0.3 is 65.8 Å².